The van der Waals surface area contributed by atoms with Gasteiger partial charge in [0.1, 0.15) is 6.10 Å². The molecule has 0 fully saturated rings. The maximum Gasteiger partial charge on any atom is 0.105 e. The quantitative estimate of drug-likeness (QED) is 0.711. The van der Waals surface area contributed by atoms with Crippen molar-refractivity contribution < 1.29 is 15.3 Å². The van der Waals surface area contributed by atoms with Crippen LogP contribution in [0, 0.1) is 6.92 Å². The van der Waals surface area contributed by atoms with Crippen LogP contribution in [-0.2, 0) is 6.61 Å². The molecule has 96 valence electrons. The molecule has 0 aliphatic rings. The Morgan fingerprint density at radius 1 is 1.24 bits per heavy atom. The first-order chi connectivity index (χ1) is 8.11. The smallest absolute Gasteiger partial charge is 0.105 e. The van der Waals surface area contributed by atoms with Crippen LogP contribution < -0.4 is 0 Å². The maximum absolute atomic E-state index is 10.1. The molecule has 0 aromatic heterocycles. The number of aliphatic hydroxyl groups is 3. The number of aliphatic hydroxyl groups excluding tert-OH is 3. The lowest BCUT2D eigenvalue weighted by Crippen LogP contribution is -2.19. The predicted octanol–water partition coefficient (Wildman–Crippen LogP) is 2.07. The maximum atomic E-state index is 10.1. The first-order valence-electron chi connectivity index (χ1n) is 6.17. The molecule has 0 radical (unpaired) electrons. The molecule has 0 heterocycles. The molecule has 3 N–H and O–H groups in total. The van der Waals surface area contributed by atoms with Crippen LogP contribution >= 0.6 is 0 Å². The van der Waals surface area contributed by atoms with E-state index in [9.17, 15) is 10.2 Å². The van der Waals surface area contributed by atoms with Crippen molar-refractivity contribution in [3.05, 3.63) is 34.9 Å². The average Bonchev–Trinajstić information content (AvgIpc) is 2.35. The van der Waals surface area contributed by atoms with Gasteiger partial charge in [0, 0.05) is 0 Å². The number of benzene rings is 1. The van der Waals surface area contributed by atoms with Crippen LogP contribution in [0.4, 0.5) is 0 Å². The Bertz CT molecular complexity index is 349. The van der Waals surface area contributed by atoms with Crippen LogP contribution in [0.25, 0.3) is 0 Å². The number of hydrogen-bond donors (Lipinski definition) is 3. The van der Waals surface area contributed by atoms with Gasteiger partial charge in [0.15, 0.2) is 0 Å². The van der Waals surface area contributed by atoms with Crippen molar-refractivity contribution in [2.75, 3.05) is 0 Å². The van der Waals surface area contributed by atoms with Crippen LogP contribution in [0.5, 0.6) is 0 Å². The summed E-state index contributed by atoms with van der Waals surface area (Å²) < 4.78 is 0. The molecule has 0 aliphatic heterocycles. The first-order valence-corrected chi connectivity index (χ1v) is 6.17. The van der Waals surface area contributed by atoms with Crippen LogP contribution in [0.15, 0.2) is 18.2 Å². The number of rotatable bonds is 6. The zero-order chi connectivity index (χ0) is 12.8. The van der Waals surface area contributed by atoms with Crippen LogP contribution in [0.1, 0.15) is 49.0 Å². The van der Waals surface area contributed by atoms with Crippen molar-refractivity contribution in [2.45, 2.75) is 51.9 Å². The minimum absolute atomic E-state index is 0.0442. The van der Waals surface area contributed by atoms with Crippen LogP contribution in [0.3, 0.4) is 0 Å². The highest BCUT2D eigenvalue weighted by atomic mass is 16.3. The van der Waals surface area contributed by atoms with Gasteiger partial charge in [-0.3, -0.25) is 0 Å². The molecule has 0 aliphatic carbocycles. The molecular formula is C14H22O3. The highest BCUT2D eigenvalue weighted by molar-refractivity contribution is 5.35. The summed E-state index contributed by atoms with van der Waals surface area (Å²) in [7, 11) is 0. The van der Waals surface area contributed by atoms with E-state index in [1.807, 2.05) is 13.0 Å². The average molecular weight is 238 g/mol. The summed E-state index contributed by atoms with van der Waals surface area (Å²) in [6.45, 7) is 3.87. The van der Waals surface area contributed by atoms with Gasteiger partial charge < -0.3 is 15.3 Å². The predicted molar refractivity (Wildman–Crippen MR) is 67.6 cm³/mol. The molecule has 1 aromatic carbocycles. The largest absolute Gasteiger partial charge is 0.392 e. The van der Waals surface area contributed by atoms with E-state index in [0.717, 1.165) is 24.0 Å². The van der Waals surface area contributed by atoms with Gasteiger partial charge in [-0.05, 0) is 30.0 Å². The third-order valence-electron chi connectivity index (χ3n) is 3.19. The minimum atomic E-state index is -0.868. The summed E-state index contributed by atoms with van der Waals surface area (Å²) in [5.41, 5.74) is 2.36. The summed E-state index contributed by atoms with van der Waals surface area (Å²) in [5.74, 6) is 0. The molecule has 0 saturated carbocycles. The van der Waals surface area contributed by atoms with Gasteiger partial charge in [-0.15, -0.1) is 0 Å². The van der Waals surface area contributed by atoms with Crippen molar-refractivity contribution >= 4 is 0 Å². The fourth-order valence-electron chi connectivity index (χ4n) is 1.97. The molecular weight excluding hydrogens is 216 g/mol. The fraction of sp³-hybridized carbons (Fsp3) is 0.571. The number of hydrogen-bond acceptors (Lipinski definition) is 3. The van der Waals surface area contributed by atoms with Gasteiger partial charge in [-0.1, -0.05) is 38.0 Å². The minimum Gasteiger partial charge on any atom is -0.392 e. The Labute approximate surface area is 103 Å². The van der Waals surface area contributed by atoms with E-state index < -0.39 is 12.2 Å². The molecule has 0 amide bonds. The van der Waals surface area contributed by atoms with Crippen molar-refractivity contribution in [3.8, 4) is 0 Å². The van der Waals surface area contributed by atoms with E-state index in [1.54, 1.807) is 12.1 Å². The SMILES string of the molecule is CCCCC(O)C(O)c1cccc(CO)c1C. The molecule has 0 saturated heterocycles. The monoisotopic (exact) mass is 238 g/mol. The van der Waals surface area contributed by atoms with E-state index in [0.29, 0.717) is 12.0 Å². The molecule has 2 atom stereocenters. The lowest BCUT2D eigenvalue weighted by atomic mass is 9.94. The Hall–Kier alpha value is -0.900. The van der Waals surface area contributed by atoms with Gasteiger partial charge in [0.25, 0.3) is 0 Å². The zero-order valence-electron chi connectivity index (χ0n) is 10.6. The third kappa shape index (κ3) is 3.53. The van der Waals surface area contributed by atoms with Gasteiger partial charge in [0.05, 0.1) is 12.7 Å². The van der Waals surface area contributed by atoms with Gasteiger partial charge in [0.2, 0.25) is 0 Å². The van der Waals surface area contributed by atoms with Gasteiger partial charge in [-0.25, -0.2) is 0 Å². The Morgan fingerprint density at radius 3 is 2.53 bits per heavy atom. The van der Waals surface area contributed by atoms with E-state index >= 15 is 0 Å². The second-order valence-corrected chi connectivity index (χ2v) is 4.44. The standard InChI is InChI=1S/C14H22O3/c1-3-4-8-13(16)14(17)12-7-5-6-11(9-15)10(12)2/h5-7,13-17H,3-4,8-9H2,1-2H3. The lowest BCUT2D eigenvalue weighted by molar-refractivity contribution is 0.0118. The summed E-state index contributed by atoms with van der Waals surface area (Å²) in [4.78, 5) is 0. The summed E-state index contributed by atoms with van der Waals surface area (Å²) in [6.07, 6.45) is 0.896. The van der Waals surface area contributed by atoms with Gasteiger partial charge >= 0.3 is 0 Å². The molecule has 1 aromatic rings. The Kier molecular flexibility index (Phi) is 5.62. The van der Waals surface area contributed by atoms with Crippen LogP contribution in [0.2, 0.25) is 0 Å². The molecule has 17 heavy (non-hydrogen) atoms. The van der Waals surface area contributed by atoms with Crippen molar-refractivity contribution in [2.24, 2.45) is 0 Å². The molecule has 3 heteroatoms. The zero-order valence-corrected chi connectivity index (χ0v) is 10.6. The first kappa shape index (κ1) is 14.2. The van der Waals surface area contributed by atoms with E-state index in [2.05, 4.69) is 6.92 Å². The Morgan fingerprint density at radius 2 is 1.94 bits per heavy atom. The molecule has 3 nitrogen and oxygen atoms in total. The fourth-order valence-corrected chi connectivity index (χ4v) is 1.97. The molecule has 2 unspecified atom stereocenters. The number of unbranched alkanes of at least 4 members (excludes halogenated alkanes) is 1. The normalized spacial score (nSPS) is 14.6. The molecule has 0 spiro atoms. The molecule has 1 rings (SSSR count). The Balaban J connectivity index is 2.84. The highest BCUT2D eigenvalue weighted by Crippen LogP contribution is 2.25. The lowest BCUT2D eigenvalue weighted by Gasteiger charge is -2.20. The second-order valence-electron chi connectivity index (χ2n) is 4.44. The summed E-state index contributed by atoms with van der Waals surface area (Å²) >= 11 is 0. The topological polar surface area (TPSA) is 60.7 Å². The van der Waals surface area contributed by atoms with Crippen molar-refractivity contribution in [1.29, 1.82) is 0 Å². The highest BCUT2D eigenvalue weighted by Gasteiger charge is 2.20. The summed E-state index contributed by atoms with van der Waals surface area (Å²) in [6, 6.07) is 5.42. The van der Waals surface area contributed by atoms with Gasteiger partial charge in [-0.2, -0.15) is 0 Å². The van der Waals surface area contributed by atoms with E-state index in [-0.39, 0.29) is 6.61 Å². The second kappa shape index (κ2) is 6.74. The van der Waals surface area contributed by atoms with Crippen LogP contribution in [-0.4, -0.2) is 21.4 Å². The van der Waals surface area contributed by atoms with E-state index in [1.165, 1.54) is 0 Å². The summed E-state index contributed by atoms with van der Waals surface area (Å²) in [5, 5.41) is 29.1. The third-order valence-corrected chi connectivity index (χ3v) is 3.19. The van der Waals surface area contributed by atoms with E-state index in [4.69, 9.17) is 5.11 Å². The van der Waals surface area contributed by atoms with Crippen molar-refractivity contribution in [1.82, 2.24) is 0 Å². The van der Waals surface area contributed by atoms with Crippen molar-refractivity contribution in [3.63, 3.8) is 0 Å². The molecule has 0 bridgehead atoms.